The smallest absolute Gasteiger partial charge is 0.343 e. The Balaban J connectivity index is 2.54. The van der Waals surface area contributed by atoms with Crippen LogP contribution in [0.3, 0.4) is 0 Å². The van der Waals surface area contributed by atoms with Gasteiger partial charge in [-0.05, 0) is 25.1 Å². The first-order chi connectivity index (χ1) is 10.4. The van der Waals surface area contributed by atoms with Gasteiger partial charge in [0.2, 0.25) is 0 Å². The van der Waals surface area contributed by atoms with Crippen LogP contribution >= 0.6 is 34.8 Å². The maximum atomic E-state index is 13.3. The van der Waals surface area contributed by atoms with Crippen LogP contribution in [0.1, 0.15) is 17.3 Å². The number of hydrogen-bond acceptors (Lipinski definition) is 4. The molecule has 116 valence electrons. The number of pyridine rings is 1. The highest BCUT2D eigenvalue weighted by Crippen LogP contribution is 2.37. The van der Waals surface area contributed by atoms with Crippen LogP contribution in [-0.4, -0.2) is 17.6 Å². The summed E-state index contributed by atoms with van der Waals surface area (Å²) >= 11 is 17.9. The van der Waals surface area contributed by atoms with E-state index < -0.39 is 11.8 Å². The van der Waals surface area contributed by atoms with Gasteiger partial charge < -0.3 is 10.1 Å². The summed E-state index contributed by atoms with van der Waals surface area (Å²) in [6.45, 7) is 1.80. The highest BCUT2D eigenvalue weighted by atomic mass is 35.5. The van der Waals surface area contributed by atoms with Crippen LogP contribution < -0.4 is 5.32 Å². The number of benzene rings is 1. The molecule has 22 heavy (non-hydrogen) atoms. The van der Waals surface area contributed by atoms with Crippen molar-refractivity contribution < 1.29 is 13.9 Å². The maximum absolute atomic E-state index is 13.3. The third kappa shape index (κ3) is 3.61. The second-order valence-electron chi connectivity index (χ2n) is 4.11. The number of carbonyl (C=O) groups is 1. The largest absolute Gasteiger partial charge is 0.462 e. The average molecular weight is 364 g/mol. The normalized spacial score (nSPS) is 10.4. The number of halogens is 4. The van der Waals surface area contributed by atoms with Crippen molar-refractivity contribution in [2.75, 3.05) is 11.9 Å². The minimum atomic E-state index is -0.711. The molecule has 2 aromatic rings. The van der Waals surface area contributed by atoms with Crippen molar-refractivity contribution >= 4 is 52.1 Å². The molecule has 0 radical (unpaired) electrons. The SMILES string of the molecule is CCOC(=O)c1c(Cl)nc(Cl)c(Cl)c1Nc1cccc(F)c1. The number of carbonyl (C=O) groups excluding carboxylic acids is 1. The van der Waals surface area contributed by atoms with Gasteiger partial charge in [-0.3, -0.25) is 0 Å². The Kier molecular flexibility index (Phi) is 5.45. The Morgan fingerprint density at radius 3 is 2.68 bits per heavy atom. The van der Waals surface area contributed by atoms with Crippen LogP contribution in [0, 0.1) is 5.82 Å². The molecule has 0 saturated carbocycles. The minimum absolute atomic E-state index is 0.0154. The molecule has 1 N–H and O–H groups in total. The Morgan fingerprint density at radius 2 is 2.05 bits per heavy atom. The Bertz CT molecular complexity index is 725. The van der Waals surface area contributed by atoms with E-state index in [9.17, 15) is 9.18 Å². The monoisotopic (exact) mass is 362 g/mol. The first-order valence-electron chi connectivity index (χ1n) is 6.18. The van der Waals surface area contributed by atoms with Gasteiger partial charge in [0.25, 0.3) is 0 Å². The van der Waals surface area contributed by atoms with Gasteiger partial charge in [-0.2, -0.15) is 0 Å². The molecule has 1 aromatic heterocycles. The van der Waals surface area contributed by atoms with Gasteiger partial charge in [-0.15, -0.1) is 0 Å². The molecule has 0 bridgehead atoms. The number of hydrogen-bond donors (Lipinski definition) is 1. The fourth-order valence-corrected chi connectivity index (χ4v) is 2.39. The number of nitrogens with zero attached hydrogens (tertiary/aromatic N) is 1. The summed E-state index contributed by atoms with van der Waals surface area (Å²) in [5.74, 6) is -1.16. The van der Waals surface area contributed by atoms with E-state index >= 15 is 0 Å². The number of esters is 1. The second-order valence-corrected chi connectivity index (χ2v) is 5.21. The van der Waals surface area contributed by atoms with E-state index in [-0.39, 0.29) is 33.2 Å². The molecule has 0 aliphatic rings. The highest BCUT2D eigenvalue weighted by Gasteiger charge is 2.23. The molecule has 0 spiro atoms. The lowest BCUT2D eigenvalue weighted by Crippen LogP contribution is -2.10. The lowest BCUT2D eigenvalue weighted by atomic mass is 10.2. The molecule has 0 unspecified atom stereocenters. The van der Waals surface area contributed by atoms with Gasteiger partial charge in [-0.25, -0.2) is 14.2 Å². The number of rotatable bonds is 4. The topological polar surface area (TPSA) is 51.2 Å². The van der Waals surface area contributed by atoms with E-state index in [4.69, 9.17) is 39.5 Å². The summed E-state index contributed by atoms with van der Waals surface area (Å²) < 4.78 is 18.2. The molecule has 1 heterocycles. The summed E-state index contributed by atoms with van der Waals surface area (Å²) in [7, 11) is 0. The molecular formula is C14H10Cl3FN2O2. The van der Waals surface area contributed by atoms with E-state index in [2.05, 4.69) is 10.3 Å². The Hall–Kier alpha value is -1.56. The van der Waals surface area contributed by atoms with Crippen LogP contribution in [0.25, 0.3) is 0 Å². The molecule has 4 nitrogen and oxygen atoms in total. The number of anilines is 2. The van der Waals surface area contributed by atoms with Crippen LogP contribution in [0.2, 0.25) is 15.3 Å². The lowest BCUT2D eigenvalue weighted by molar-refractivity contribution is 0.0527. The van der Waals surface area contributed by atoms with Crippen molar-refractivity contribution in [3.05, 3.63) is 51.0 Å². The average Bonchev–Trinajstić information content (AvgIpc) is 2.44. The first kappa shape index (κ1) is 16.8. The number of nitrogens with one attached hydrogen (secondary N) is 1. The molecule has 0 amide bonds. The van der Waals surface area contributed by atoms with E-state index in [1.807, 2.05) is 0 Å². The molecule has 1 aromatic carbocycles. The van der Waals surface area contributed by atoms with E-state index in [1.165, 1.54) is 18.2 Å². The molecule has 0 aliphatic heterocycles. The van der Waals surface area contributed by atoms with Gasteiger partial charge in [0.1, 0.15) is 21.6 Å². The van der Waals surface area contributed by atoms with Gasteiger partial charge in [0.05, 0.1) is 12.3 Å². The quantitative estimate of drug-likeness (QED) is 0.606. The fraction of sp³-hybridized carbons (Fsp3) is 0.143. The summed E-state index contributed by atoms with van der Waals surface area (Å²) in [5.41, 5.74) is 0.406. The molecule has 0 saturated heterocycles. The first-order valence-corrected chi connectivity index (χ1v) is 7.31. The van der Waals surface area contributed by atoms with Crippen molar-refractivity contribution in [1.82, 2.24) is 4.98 Å². The second kappa shape index (κ2) is 7.13. The van der Waals surface area contributed by atoms with Crippen molar-refractivity contribution in [2.45, 2.75) is 6.92 Å². The third-order valence-electron chi connectivity index (χ3n) is 2.63. The number of ether oxygens (including phenoxy) is 1. The summed E-state index contributed by atoms with van der Waals surface area (Å²) in [6, 6.07) is 5.61. The molecule has 8 heteroatoms. The molecule has 0 fully saturated rings. The third-order valence-corrected chi connectivity index (χ3v) is 3.64. The van der Waals surface area contributed by atoms with Crippen LogP contribution in [0.5, 0.6) is 0 Å². The van der Waals surface area contributed by atoms with E-state index in [1.54, 1.807) is 13.0 Å². The van der Waals surface area contributed by atoms with Crippen molar-refractivity contribution in [2.24, 2.45) is 0 Å². The Morgan fingerprint density at radius 1 is 1.32 bits per heavy atom. The molecule has 0 atom stereocenters. The zero-order valence-corrected chi connectivity index (χ0v) is 13.6. The molecule has 0 aliphatic carbocycles. The standard InChI is InChI=1S/C14H10Cl3FN2O2/c1-2-22-14(21)9-11(10(15)13(17)20-12(9)16)19-8-5-3-4-7(18)6-8/h3-6H,2H2,1H3,(H,19,20). The minimum Gasteiger partial charge on any atom is -0.462 e. The summed E-state index contributed by atoms with van der Waals surface area (Å²) in [5, 5.41) is 2.56. The predicted molar refractivity (Wildman–Crippen MR) is 84.9 cm³/mol. The Labute approximate surface area is 141 Å². The molecule has 2 rings (SSSR count). The lowest BCUT2D eigenvalue weighted by Gasteiger charge is -2.15. The highest BCUT2D eigenvalue weighted by molar-refractivity contribution is 6.45. The summed E-state index contributed by atoms with van der Waals surface area (Å²) in [4.78, 5) is 15.8. The zero-order chi connectivity index (χ0) is 16.3. The van der Waals surface area contributed by atoms with Crippen molar-refractivity contribution in [3.8, 4) is 0 Å². The van der Waals surface area contributed by atoms with Gasteiger partial charge in [-0.1, -0.05) is 40.9 Å². The van der Waals surface area contributed by atoms with Gasteiger partial charge >= 0.3 is 5.97 Å². The summed E-state index contributed by atoms with van der Waals surface area (Å²) in [6.07, 6.45) is 0. The number of aromatic nitrogens is 1. The van der Waals surface area contributed by atoms with Crippen LogP contribution in [0.15, 0.2) is 24.3 Å². The van der Waals surface area contributed by atoms with E-state index in [0.717, 1.165) is 0 Å². The van der Waals surface area contributed by atoms with Gasteiger partial charge in [0.15, 0.2) is 5.15 Å². The van der Waals surface area contributed by atoms with Crippen LogP contribution in [0.4, 0.5) is 15.8 Å². The van der Waals surface area contributed by atoms with Crippen molar-refractivity contribution in [1.29, 1.82) is 0 Å². The van der Waals surface area contributed by atoms with Crippen molar-refractivity contribution in [3.63, 3.8) is 0 Å². The fourth-order valence-electron chi connectivity index (χ4n) is 1.72. The van der Waals surface area contributed by atoms with Crippen LogP contribution in [-0.2, 0) is 4.74 Å². The van der Waals surface area contributed by atoms with E-state index in [0.29, 0.717) is 5.69 Å². The molecular weight excluding hydrogens is 354 g/mol. The predicted octanol–water partition coefficient (Wildman–Crippen LogP) is 5.10. The maximum Gasteiger partial charge on any atom is 0.343 e. The zero-order valence-electron chi connectivity index (χ0n) is 11.3. The van der Waals surface area contributed by atoms with Gasteiger partial charge in [0, 0.05) is 5.69 Å².